The number of carbonyl (C=O) groups is 3. The molecule has 25 heavy (non-hydrogen) atoms. The van der Waals surface area contributed by atoms with Crippen molar-refractivity contribution >= 4 is 51.1 Å². The van der Waals surface area contributed by atoms with Gasteiger partial charge in [-0.2, -0.15) is 0 Å². The number of aromatic nitrogens is 1. The van der Waals surface area contributed by atoms with Crippen LogP contribution < -0.4 is 5.32 Å². The number of ether oxygens (including phenoxy) is 1. The van der Waals surface area contributed by atoms with Crippen LogP contribution >= 0.6 is 23.1 Å². The molecule has 7 nitrogen and oxygen atoms in total. The molecule has 2 aromatic rings. The number of benzene rings is 1. The third-order valence-electron chi connectivity index (χ3n) is 3.83. The van der Waals surface area contributed by atoms with Crippen LogP contribution in [0, 0.1) is 0 Å². The van der Waals surface area contributed by atoms with Crippen LogP contribution in [-0.2, 0) is 19.1 Å². The number of methoxy groups -OCH3 is 1. The molecule has 1 aliphatic heterocycles. The highest BCUT2D eigenvalue weighted by molar-refractivity contribution is 8.01. The van der Waals surface area contributed by atoms with Gasteiger partial charge < -0.3 is 15.0 Å². The van der Waals surface area contributed by atoms with E-state index in [4.69, 9.17) is 0 Å². The van der Waals surface area contributed by atoms with Crippen molar-refractivity contribution in [3.8, 4) is 0 Å². The zero-order chi connectivity index (χ0) is 17.8. The van der Waals surface area contributed by atoms with Gasteiger partial charge in [0.15, 0.2) is 4.34 Å². The van der Waals surface area contributed by atoms with Crippen LogP contribution in [-0.4, -0.2) is 59.7 Å². The number of esters is 1. The minimum atomic E-state index is -0.815. The number of para-hydroxylation sites is 1. The van der Waals surface area contributed by atoms with Crippen molar-refractivity contribution in [3.63, 3.8) is 0 Å². The van der Waals surface area contributed by atoms with Crippen molar-refractivity contribution < 1.29 is 19.1 Å². The number of piperazine rings is 1. The van der Waals surface area contributed by atoms with Crippen LogP contribution in [0.2, 0.25) is 0 Å². The standard InChI is InChI=1S/C16H17N3O4S2/c1-23-14(21)8-11-15(22)17-6-7-19(11)13(20)9-24-16-18-10-4-2-3-5-12(10)25-16/h2-5,11H,6-9H2,1H3,(H,17,22)/t11-/m0/s1. The second-order valence-electron chi connectivity index (χ2n) is 5.41. The average molecular weight is 379 g/mol. The average Bonchev–Trinajstić information content (AvgIpc) is 3.04. The van der Waals surface area contributed by atoms with Gasteiger partial charge in [-0.3, -0.25) is 14.4 Å². The molecular formula is C16H17N3O4S2. The highest BCUT2D eigenvalue weighted by Gasteiger charge is 2.34. The lowest BCUT2D eigenvalue weighted by molar-refractivity contribution is -0.149. The molecule has 0 radical (unpaired) electrons. The van der Waals surface area contributed by atoms with E-state index in [1.165, 1.54) is 35.1 Å². The summed E-state index contributed by atoms with van der Waals surface area (Å²) in [5.41, 5.74) is 0.906. The normalized spacial score (nSPS) is 17.4. The first-order valence-corrected chi connectivity index (χ1v) is 9.51. The van der Waals surface area contributed by atoms with E-state index in [1.54, 1.807) is 0 Å². The zero-order valence-corrected chi connectivity index (χ0v) is 15.2. The Labute approximate surface area is 152 Å². The first kappa shape index (κ1) is 17.7. The Morgan fingerprint density at radius 1 is 1.44 bits per heavy atom. The predicted molar refractivity (Wildman–Crippen MR) is 95.5 cm³/mol. The number of amides is 2. The number of rotatable bonds is 5. The molecule has 2 amide bonds. The summed E-state index contributed by atoms with van der Waals surface area (Å²) in [4.78, 5) is 42.0. The number of nitrogens with zero attached hydrogens (tertiary/aromatic N) is 2. The van der Waals surface area contributed by atoms with Crippen LogP contribution in [0.4, 0.5) is 0 Å². The lowest BCUT2D eigenvalue weighted by atomic mass is 10.1. The SMILES string of the molecule is COC(=O)C[C@H]1C(=O)NCCN1C(=O)CSc1nc2ccccc2s1. The zero-order valence-electron chi connectivity index (χ0n) is 13.6. The number of thiazole rings is 1. The Hall–Kier alpha value is -2.13. The molecular weight excluding hydrogens is 362 g/mol. The number of hydrogen-bond donors (Lipinski definition) is 1. The van der Waals surface area contributed by atoms with Gasteiger partial charge in [0.25, 0.3) is 0 Å². The quantitative estimate of drug-likeness (QED) is 0.622. The maximum Gasteiger partial charge on any atom is 0.308 e. The van der Waals surface area contributed by atoms with E-state index in [1.807, 2.05) is 24.3 Å². The molecule has 0 bridgehead atoms. The Morgan fingerprint density at radius 2 is 2.24 bits per heavy atom. The molecule has 1 atom stereocenters. The van der Waals surface area contributed by atoms with Crippen molar-refractivity contribution in [2.75, 3.05) is 26.0 Å². The molecule has 1 aliphatic rings. The summed E-state index contributed by atoms with van der Waals surface area (Å²) in [6.07, 6.45) is -0.139. The number of fused-ring (bicyclic) bond motifs is 1. The molecule has 1 saturated heterocycles. The smallest absolute Gasteiger partial charge is 0.308 e. The molecule has 9 heteroatoms. The lowest BCUT2D eigenvalue weighted by Gasteiger charge is -2.34. The third-order valence-corrected chi connectivity index (χ3v) is 6.00. The largest absolute Gasteiger partial charge is 0.469 e. The molecule has 0 aliphatic carbocycles. The van der Waals surface area contributed by atoms with E-state index in [9.17, 15) is 14.4 Å². The fraction of sp³-hybridized carbons (Fsp3) is 0.375. The van der Waals surface area contributed by atoms with Gasteiger partial charge in [0, 0.05) is 13.1 Å². The summed E-state index contributed by atoms with van der Waals surface area (Å²) in [5.74, 6) is -0.855. The molecule has 1 N–H and O–H groups in total. The van der Waals surface area contributed by atoms with Crippen LogP contribution in [0.25, 0.3) is 10.2 Å². The minimum Gasteiger partial charge on any atom is -0.469 e. The van der Waals surface area contributed by atoms with Crippen molar-refractivity contribution in [1.82, 2.24) is 15.2 Å². The molecule has 3 rings (SSSR count). The highest BCUT2D eigenvalue weighted by atomic mass is 32.2. The lowest BCUT2D eigenvalue weighted by Crippen LogP contribution is -2.58. The molecule has 2 heterocycles. The Balaban J connectivity index is 1.65. The van der Waals surface area contributed by atoms with E-state index in [-0.39, 0.29) is 24.0 Å². The second-order valence-corrected chi connectivity index (χ2v) is 7.66. The van der Waals surface area contributed by atoms with E-state index in [0.717, 1.165) is 14.6 Å². The summed E-state index contributed by atoms with van der Waals surface area (Å²) in [6, 6.07) is 6.97. The summed E-state index contributed by atoms with van der Waals surface area (Å²) in [6.45, 7) is 0.765. The molecule has 0 unspecified atom stereocenters. The minimum absolute atomic E-state index is 0.139. The van der Waals surface area contributed by atoms with Crippen molar-refractivity contribution in [1.29, 1.82) is 0 Å². The van der Waals surface area contributed by atoms with Crippen LogP contribution in [0.3, 0.4) is 0 Å². The van der Waals surface area contributed by atoms with E-state index >= 15 is 0 Å². The number of nitrogens with one attached hydrogen (secondary N) is 1. The van der Waals surface area contributed by atoms with Gasteiger partial charge in [0.2, 0.25) is 11.8 Å². The highest BCUT2D eigenvalue weighted by Crippen LogP contribution is 2.29. The maximum absolute atomic E-state index is 12.6. The van der Waals surface area contributed by atoms with Gasteiger partial charge in [0.1, 0.15) is 6.04 Å². The fourth-order valence-electron chi connectivity index (χ4n) is 2.58. The topological polar surface area (TPSA) is 88.6 Å². The van der Waals surface area contributed by atoms with Crippen LogP contribution in [0.15, 0.2) is 28.6 Å². The molecule has 0 spiro atoms. The summed E-state index contributed by atoms with van der Waals surface area (Å²) in [7, 11) is 1.26. The summed E-state index contributed by atoms with van der Waals surface area (Å²) in [5, 5.41) is 2.68. The van der Waals surface area contributed by atoms with Crippen molar-refractivity contribution in [2.24, 2.45) is 0 Å². The van der Waals surface area contributed by atoms with Gasteiger partial charge in [-0.15, -0.1) is 11.3 Å². The second kappa shape index (κ2) is 7.83. The summed E-state index contributed by atoms with van der Waals surface area (Å²) < 4.78 is 6.50. The molecule has 1 aromatic heterocycles. The summed E-state index contributed by atoms with van der Waals surface area (Å²) >= 11 is 2.87. The van der Waals surface area contributed by atoms with Gasteiger partial charge in [-0.25, -0.2) is 4.98 Å². The van der Waals surface area contributed by atoms with Crippen LogP contribution in [0.1, 0.15) is 6.42 Å². The first-order valence-electron chi connectivity index (χ1n) is 7.71. The molecule has 1 aromatic carbocycles. The van der Waals surface area contributed by atoms with Gasteiger partial charge >= 0.3 is 5.97 Å². The van der Waals surface area contributed by atoms with E-state index in [2.05, 4.69) is 15.0 Å². The Kier molecular flexibility index (Phi) is 5.54. The van der Waals surface area contributed by atoms with Crippen molar-refractivity contribution in [2.45, 2.75) is 16.8 Å². The molecule has 1 fully saturated rings. The monoisotopic (exact) mass is 379 g/mol. The van der Waals surface area contributed by atoms with Gasteiger partial charge in [-0.05, 0) is 12.1 Å². The fourth-order valence-corrected chi connectivity index (χ4v) is 4.53. The van der Waals surface area contributed by atoms with E-state index < -0.39 is 12.0 Å². The number of thioether (sulfide) groups is 1. The maximum atomic E-state index is 12.6. The van der Waals surface area contributed by atoms with E-state index in [0.29, 0.717) is 13.1 Å². The Bertz CT molecular complexity index is 775. The third kappa shape index (κ3) is 4.10. The van der Waals surface area contributed by atoms with Crippen LogP contribution in [0.5, 0.6) is 0 Å². The van der Waals surface area contributed by atoms with Crippen molar-refractivity contribution in [3.05, 3.63) is 24.3 Å². The predicted octanol–water partition coefficient (Wildman–Crippen LogP) is 1.28. The van der Waals surface area contributed by atoms with Gasteiger partial charge in [-0.1, -0.05) is 23.9 Å². The number of carbonyl (C=O) groups excluding carboxylic acids is 3. The molecule has 0 saturated carbocycles. The number of hydrogen-bond acceptors (Lipinski definition) is 7. The Morgan fingerprint density at radius 3 is 3.00 bits per heavy atom. The first-order chi connectivity index (χ1) is 12.1. The molecule has 132 valence electrons. The van der Waals surface area contributed by atoms with Gasteiger partial charge in [0.05, 0.1) is 29.5 Å².